The van der Waals surface area contributed by atoms with Crippen molar-refractivity contribution in [3.8, 4) is 0 Å². The summed E-state index contributed by atoms with van der Waals surface area (Å²) in [4.78, 5) is 11.1. The molecule has 1 fully saturated rings. The fourth-order valence-electron chi connectivity index (χ4n) is 2.24. The van der Waals surface area contributed by atoms with Gasteiger partial charge < -0.3 is 15.4 Å². The average Bonchev–Trinajstić information content (AvgIpc) is 2.78. The summed E-state index contributed by atoms with van der Waals surface area (Å²) in [5.41, 5.74) is 2.46. The Balaban J connectivity index is 1.80. The van der Waals surface area contributed by atoms with Gasteiger partial charge in [-0.3, -0.25) is 4.79 Å². The lowest BCUT2D eigenvalue weighted by molar-refractivity contribution is -0.119. The largest absolute Gasteiger partial charge is 0.380 e. The van der Waals surface area contributed by atoms with Crippen molar-refractivity contribution >= 4 is 5.91 Å². The van der Waals surface area contributed by atoms with E-state index < -0.39 is 0 Å². The first kappa shape index (κ1) is 13.1. The van der Waals surface area contributed by atoms with E-state index in [9.17, 15) is 4.79 Å². The molecule has 1 unspecified atom stereocenters. The maximum atomic E-state index is 11.1. The van der Waals surface area contributed by atoms with Crippen LogP contribution in [0.3, 0.4) is 0 Å². The van der Waals surface area contributed by atoms with E-state index in [0.29, 0.717) is 13.0 Å². The minimum Gasteiger partial charge on any atom is -0.380 e. The van der Waals surface area contributed by atoms with Crippen molar-refractivity contribution in [1.29, 1.82) is 0 Å². The fourth-order valence-corrected chi connectivity index (χ4v) is 2.24. The quantitative estimate of drug-likeness (QED) is 0.795. The Morgan fingerprint density at radius 1 is 1.39 bits per heavy atom. The average molecular weight is 248 g/mol. The van der Waals surface area contributed by atoms with E-state index in [1.807, 2.05) is 12.1 Å². The minimum absolute atomic E-state index is 0.168. The smallest absolute Gasteiger partial charge is 0.220 e. The Hall–Kier alpha value is -1.39. The minimum atomic E-state index is 0.168. The maximum absolute atomic E-state index is 11.1. The van der Waals surface area contributed by atoms with Gasteiger partial charge in [-0.25, -0.2) is 0 Å². The van der Waals surface area contributed by atoms with Crippen LogP contribution in [0.4, 0.5) is 0 Å². The van der Waals surface area contributed by atoms with Gasteiger partial charge in [0.05, 0.1) is 6.61 Å². The predicted octanol–water partition coefficient (Wildman–Crippen LogP) is 1.20. The second-order valence-corrected chi connectivity index (χ2v) is 4.64. The van der Waals surface area contributed by atoms with Crippen molar-refractivity contribution in [2.75, 3.05) is 13.7 Å². The molecule has 1 saturated heterocycles. The topological polar surface area (TPSA) is 50.4 Å². The molecular weight excluding hydrogens is 228 g/mol. The van der Waals surface area contributed by atoms with Crippen molar-refractivity contribution in [3.63, 3.8) is 0 Å². The van der Waals surface area contributed by atoms with Crippen molar-refractivity contribution in [3.05, 3.63) is 35.4 Å². The molecule has 0 aliphatic carbocycles. The number of rotatable bonds is 6. The third kappa shape index (κ3) is 3.55. The van der Waals surface area contributed by atoms with Crippen LogP contribution in [0.25, 0.3) is 0 Å². The number of amides is 1. The molecule has 2 rings (SSSR count). The maximum Gasteiger partial charge on any atom is 0.220 e. The molecular formula is C14H20N2O2. The second-order valence-electron chi connectivity index (χ2n) is 4.64. The lowest BCUT2D eigenvalue weighted by Crippen LogP contribution is -2.35. The number of ether oxygens (including phenoxy) is 1. The number of carbonyl (C=O) groups is 1. The first-order chi connectivity index (χ1) is 8.79. The predicted molar refractivity (Wildman–Crippen MR) is 70.0 cm³/mol. The summed E-state index contributed by atoms with van der Waals surface area (Å²) < 4.78 is 5.18. The van der Waals surface area contributed by atoms with E-state index in [2.05, 4.69) is 22.8 Å². The lowest BCUT2D eigenvalue weighted by Gasteiger charge is -2.13. The zero-order valence-electron chi connectivity index (χ0n) is 10.7. The standard InChI is InChI=1S/C14H20N2O2/c1-18-10-12-5-3-2-4-11(12)8-15-9-13-6-7-14(17)16-13/h2-5,13,15H,6-10H2,1H3,(H,16,17). The summed E-state index contributed by atoms with van der Waals surface area (Å²) in [5.74, 6) is 0.168. The summed E-state index contributed by atoms with van der Waals surface area (Å²) in [5, 5.41) is 6.35. The van der Waals surface area contributed by atoms with E-state index in [1.54, 1.807) is 7.11 Å². The van der Waals surface area contributed by atoms with E-state index >= 15 is 0 Å². The molecule has 4 nitrogen and oxygen atoms in total. The van der Waals surface area contributed by atoms with Crippen LogP contribution in [0.1, 0.15) is 24.0 Å². The second kappa shape index (κ2) is 6.52. The lowest BCUT2D eigenvalue weighted by atomic mass is 10.1. The van der Waals surface area contributed by atoms with Gasteiger partial charge in [0.25, 0.3) is 0 Å². The molecule has 0 aromatic heterocycles. The molecule has 1 aliphatic heterocycles. The van der Waals surface area contributed by atoms with Crippen LogP contribution in [-0.4, -0.2) is 25.6 Å². The van der Waals surface area contributed by atoms with Crippen molar-refractivity contribution in [2.45, 2.75) is 32.0 Å². The molecule has 1 amide bonds. The van der Waals surface area contributed by atoms with Gasteiger partial charge in [-0.1, -0.05) is 24.3 Å². The molecule has 0 radical (unpaired) electrons. The van der Waals surface area contributed by atoms with Gasteiger partial charge in [-0.15, -0.1) is 0 Å². The molecule has 0 saturated carbocycles. The van der Waals surface area contributed by atoms with Crippen molar-refractivity contribution in [2.24, 2.45) is 0 Å². The van der Waals surface area contributed by atoms with Crippen LogP contribution in [-0.2, 0) is 22.7 Å². The molecule has 1 aromatic rings. The number of hydrogen-bond donors (Lipinski definition) is 2. The highest BCUT2D eigenvalue weighted by atomic mass is 16.5. The third-order valence-electron chi connectivity index (χ3n) is 3.21. The van der Waals surface area contributed by atoms with Gasteiger partial charge in [0.1, 0.15) is 0 Å². The van der Waals surface area contributed by atoms with Gasteiger partial charge in [-0.05, 0) is 17.5 Å². The van der Waals surface area contributed by atoms with E-state index in [0.717, 1.165) is 19.5 Å². The SMILES string of the molecule is COCc1ccccc1CNCC1CCC(=O)N1. The van der Waals surface area contributed by atoms with Gasteiger partial charge >= 0.3 is 0 Å². The van der Waals surface area contributed by atoms with Crippen LogP contribution in [0, 0.1) is 0 Å². The van der Waals surface area contributed by atoms with Crippen LogP contribution in [0.5, 0.6) is 0 Å². The zero-order chi connectivity index (χ0) is 12.8. The molecule has 2 N–H and O–H groups in total. The summed E-state index contributed by atoms with van der Waals surface area (Å²) in [6.45, 7) is 2.27. The number of nitrogens with one attached hydrogen (secondary N) is 2. The fraction of sp³-hybridized carbons (Fsp3) is 0.500. The molecule has 1 heterocycles. The van der Waals surface area contributed by atoms with E-state index in [1.165, 1.54) is 11.1 Å². The Morgan fingerprint density at radius 2 is 2.17 bits per heavy atom. The van der Waals surface area contributed by atoms with Crippen LogP contribution in [0.15, 0.2) is 24.3 Å². The summed E-state index contributed by atoms with van der Waals surface area (Å²) in [6, 6.07) is 8.53. The molecule has 1 aromatic carbocycles. The van der Waals surface area contributed by atoms with E-state index in [4.69, 9.17) is 4.74 Å². The number of benzene rings is 1. The molecule has 0 bridgehead atoms. The van der Waals surface area contributed by atoms with Gasteiger partial charge in [0.2, 0.25) is 5.91 Å². The number of carbonyl (C=O) groups excluding carboxylic acids is 1. The highest BCUT2D eigenvalue weighted by molar-refractivity contribution is 5.78. The van der Waals surface area contributed by atoms with Crippen molar-refractivity contribution in [1.82, 2.24) is 10.6 Å². The Morgan fingerprint density at radius 3 is 2.83 bits per heavy atom. The zero-order valence-corrected chi connectivity index (χ0v) is 10.7. The van der Waals surface area contributed by atoms with Crippen molar-refractivity contribution < 1.29 is 9.53 Å². The monoisotopic (exact) mass is 248 g/mol. The first-order valence-electron chi connectivity index (χ1n) is 6.35. The highest BCUT2D eigenvalue weighted by Gasteiger charge is 2.19. The summed E-state index contributed by atoms with van der Waals surface area (Å²) in [7, 11) is 1.71. The normalized spacial score (nSPS) is 18.9. The van der Waals surface area contributed by atoms with Gasteiger partial charge in [-0.2, -0.15) is 0 Å². The number of hydrogen-bond acceptors (Lipinski definition) is 3. The molecule has 0 spiro atoms. The molecule has 98 valence electrons. The first-order valence-corrected chi connectivity index (χ1v) is 6.35. The third-order valence-corrected chi connectivity index (χ3v) is 3.21. The Kier molecular flexibility index (Phi) is 4.73. The molecule has 18 heavy (non-hydrogen) atoms. The van der Waals surface area contributed by atoms with Crippen LogP contribution >= 0.6 is 0 Å². The number of methoxy groups -OCH3 is 1. The summed E-state index contributed by atoms with van der Waals surface area (Å²) >= 11 is 0. The molecule has 1 atom stereocenters. The Bertz CT molecular complexity index is 407. The van der Waals surface area contributed by atoms with E-state index in [-0.39, 0.29) is 11.9 Å². The van der Waals surface area contributed by atoms with Gasteiger partial charge in [0.15, 0.2) is 0 Å². The Labute approximate surface area is 108 Å². The highest BCUT2D eigenvalue weighted by Crippen LogP contribution is 2.10. The summed E-state index contributed by atoms with van der Waals surface area (Å²) in [6.07, 6.45) is 1.60. The van der Waals surface area contributed by atoms with Gasteiger partial charge in [0, 0.05) is 32.7 Å². The van der Waals surface area contributed by atoms with Crippen LogP contribution in [0.2, 0.25) is 0 Å². The molecule has 1 aliphatic rings. The van der Waals surface area contributed by atoms with Crippen LogP contribution < -0.4 is 10.6 Å². The molecule has 4 heteroatoms.